The Hall–Kier alpha value is -0.140. The standard InChI is InChI=1S/C14H22BrClN4O/c15-12-7-18-14(17)13(19-12)11-5-10(20-21-11)9-3-1-8(6-16)2-4-9/h5,8-9,12-14,18-19H,1-4,6-7,17H2. The summed E-state index contributed by atoms with van der Waals surface area (Å²) in [6.07, 6.45) is 4.50. The molecule has 0 amide bonds. The van der Waals surface area contributed by atoms with Crippen LogP contribution in [0.1, 0.15) is 49.1 Å². The van der Waals surface area contributed by atoms with Gasteiger partial charge in [0.1, 0.15) is 0 Å². The number of hydrogen-bond acceptors (Lipinski definition) is 5. The van der Waals surface area contributed by atoms with Crippen LogP contribution in [0, 0.1) is 5.92 Å². The van der Waals surface area contributed by atoms with E-state index in [1.807, 2.05) is 0 Å². The summed E-state index contributed by atoms with van der Waals surface area (Å²) in [7, 11) is 0. The Labute approximate surface area is 138 Å². The molecule has 0 radical (unpaired) electrons. The summed E-state index contributed by atoms with van der Waals surface area (Å²) < 4.78 is 5.55. The summed E-state index contributed by atoms with van der Waals surface area (Å²) in [4.78, 5) is 0.190. The molecule has 3 unspecified atom stereocenters. The van der Waals surface area contributed by atoms with Gasteiger partial charge >= 0.3 is 0 Å². The van der Waals surface area contributed by atoms with E-state index in [-0.39, 0.29) is 17.2 Å². The molecule has 0 bridgehead atoms. The van der Waals surface area contributed by atoms with Crippen LogP contribution in [0.5, 0.6) is 0 Å². The van der Waals surface area contributed by atoms with Crippen LogP contribution in [0.4, 0.5) is 0 Å². The molecule has 1 saturated heterocycles. The van der Waals surface area contributed by atoms with Crippen LogP contribution in [0.2, 0.25) is 0 Å². The molecule has 1 saturated carbocycles. The third-order valence-electron chi connectivity index (χ3n) is 4.59. The molecule has 0 spiro atoms. The van der Waals surface area contributed by atoms with Gasteiger partial charge in [0.25, 0.3) is 0 Å². The highest BCUT2D eigenvalue weighted by Gasteiger charge is 2.31. The van der Waals surface area contributed by atoms with Crippen molar-refractivity contribution in [1.82, 2.24) is 15.8 Å². The van der Waals surface area contributed by atoms with Crippen molar-refractivity contribution in [3.8, 4) is 0 Å². The highest BCUT2D eigenvalue weighted by Crippen LogP contribution is 2.36. The lowest BCUT2D eigenvalue weighted by Gasteiger charge is -2.32. The molecule has 1 aromatic rings. The van der Waals surface area contributed by atoms with E-state index in [9.17, 15) is 0 Å². The minimum absolute atomic E-state index is 0.0523. The first-order chi connectivity index (χ1) is 10.2. The van der Waals surface area contributed by atoms with Crippen LogP contribution in [0.15, 0.2) is 10.6 Å². The third kappa shape index (κ3) is 3.62. The summed E-state index contributed by atoms with van der Waals surface area (Å²) in [5.41, 5.74) is 7.16. The minimum Gasteiger partial charge on any atom is -0.359 e. The van der Waals surface area contributed by atoms with Gasteiger partial charge in [-0.1, -0.05) is 21.1 Å². The van der Waals surface area contributed by atoms with E-state index in [0.717, 1.165) is 36.7 Å². The highest BCUT2D eigenvalue weighted by atomic mass is 79.9. The Balaban J connectivity index is 1.66. The van der Waals surface area contributed by atoms with E-state index in [0.29, 0.717) is 11.8 Å². The van der Waals surface area contributed by atoms with Crippen molar-refractivity contribution in [3.63, 3.8) is 0 Å². The summed E-state index contributed by atoms with van der Waals surface area (Å²) >= 11 is 9.49. The molecule has 1 aliphatic heterocycles. The summed E-state index contributed by atoms with van der Waals surface area (Å²) in [6, 6.07) is 2.01. The van der Waals surface area contributed by atoms with E-state index in [1.54, 1.807) is 0 Å². The Morgan fingerprint density at radius 2 is 2.14 bits per heavy atom. The van der Waals surface area contributed by atoms with Crippen LogP contribution in [0.25, 0.3) is 0 Å². The minimum atomic E-state index is -0.161. The highest BCUT2D eigenvalue weighted by molar-refractivity contribution is 9.09. The lowest BCUT2D eigenvalue weighted by Crippen LogP contribution is -2.57. The number of nitrogens with two attached hydrogens (primary N) is 1. The zero-order chi connectivity index (χ0) is 14.8. The third-order valence-corrected chi connectivity index (χ3v) is 5.61. The first-order valence-corrected chi connectivity index (χ1v) is 9.04. The normalized spacial score (nSPS) is 37.6. The first kappa shape index (κ1) is 15.7. The van der Waals surface area contributed by atoms with Crippen molar-refractivity contribution in [3.05, 3.63) is 17.5 Å². The maximum atomic E-state index is 6.10. The summed E-state index contributed by atoms with van der Waals surface area (Å²) in [5, 5.41) is 10.9. The predicted molar refractivity (Wildman–Crippen MR) is 86.5 cm³/mol. The maximum absolute atomic E-state index is 6.10. The molecule has 5 nitrogen and oxygen atoms in total. The van der Waals surface area contributed by atoms with Gasteiger partial charge in [-0.05, 0) is 31.6 Å². The Kier molecular flexibility index (Phi) is 5.22. The molecule has 3 rings (SSSR count). The van der Waals surface area contributed by atoms with Gasteiger partial charge in [0.2, 0.25) is 0 Å². The fourth-order valence-corrected chi connectivity index (χ4v) is 4.01. The van der Waals surface area contributed by atoms with E-state index < -0.39 is 0 Å². The van der Waals surface area contributed by atoms with E-state index in [1.165, 1.54) is 12.8 Å². The molecule has 0 aromatic carbocycles. The lowest BCUT2D eigenvalue weighted by molar-refractivity contribution is 0.256. The molecule has 21 heavy (non-hydrogen) atoms. The number of nitrogens with one attached hydrogen (secondary N) is 2. The van der Waals surface area contributed by atoms with Crippen molar-refractivity contribution >= 4 is 27.5 Å². The fraction of sp³-hybridized carbons (Fsp3) is 0.786. The number of halogens is 2. The summed E-state index contributed by atoms with van der Waals surface area (Å²) in [5.74, 6) is 2.75. The van der Waals surface area contributed by atoms with Gasteiger partial charge in [-0.2, -0.15) is 0 Å². The number of rotatable bonds is 3. The molecule has 118 valence electrons. The Bertz CT molecular complexity index is 464. The van der Waals surface area contributed by atoms with Gasteiger partial charge in [-0.15, -0.1) is 11.6 Å². The van der Waals surface area contributed by atoms with Crippen LogP contribution >= 0.6 is 27.5 Å². The zero-order valence-corrected chi connectivity index (χ0v) is 14.2. The maximum Gasteiger partial charge on any atom is 0.156 e. The second-order valence-corrected chi connectivity index (χ2v) is 7.49. The van der Waals surface area contributed by atoms with Gasteiger partial charge < -0.3 is 10.3 Å². The molecule has 2 heterocycles. The van der Waals surface area contributed by atoms with Crippen molar-refractivity contribution < 1.29 is 4.52 Å². The number of alkyl halides is 2. The molecular weight excluding hydrogens is 356 g/mol. The smallest absolute Gasteiger partial charge is 0.156 e. The molecule has 2 fully saturated rings. The molecule has 1 aliphatic carbocycles. The SMILES string of the molecule is NC1NCC(Br)NC1c1cc(C2CCC(CCl)CC2)no1. The van der Waals surface area contributed by atoms with E-state index in [2.05, 4.69) is 37.8 Å². The number of nitrogens with zero attached hydrogens (tertiary/aromatic N) is 1. The first-order valence-electron chi connectivity index (χ1n) is 7.59. The van der Waals surface area contributed by atoms with Gasteiger partial charge in [0, 0.05) is 24.4 Å². The van der Waals surface area contributed by atoms with Crippen molar-refractivity contribution in [1.29, 1.82) is 0 Å². The zero-order valence-electron chi connectivity index (χ0n) is 11.9. The molecule has 3 atom stereocenters. The van der Waals surface area contributed by atoms with Gasteiger partial charge in [-0.25, -0.2) is 0 Å². The summed E-state index contributed by atoms with van der Waals surface area (Å²) in [6.45, 7) is 0.793. The Morgan fingerprint density at radius 1 is 1.38 bits per heavy atom. The second-order valence-electron chi connectivity index (χ2n) is 6.07. The van der Waals surface area contributed by atoms with Crippen molar-refractivity contribution in [2.75, 3.05) is 12.4 Å². The molecule has 2 aliphatic rings. The van der Waals surface area contributed by atoms with Gasteiger partial charge in [0.05, 0.1) is 22.9 Å². The molecule has 7 heteroatoms. The molecule has 4 N–H and O–H groups in total. The molecule has 1 aromatic heterocycles. The van der Waals surface area contributed by atoms with Crippen LogP contribution < -0.4 is 16.4 Å². The average Bonchev–Trinajstić information content (AvgIpc) is 2.99. The second kappa shape index (κ2) is 6.96. The number of hydrogen-bond donors (Lipinski definition) is 3. The molecular formula is C14H22BrClN4O. The largest absolute Gasteiger partial charge is 0.359 e. The quantitative estimate of drug-likeness (QED) is 0.557. The van der Waals surface area contributed by atoms with E-state index in [4.69, 9.17) is 21.9 Å². The van der Waals surface area contributed by atoms with Gasteiger partial charge in [0.15, 0.2) is 5.76 Å². The van der Waals surface area contributed by atoms with Gasteiger partial charge in [-0.3, -0.25) is 10.6 Å². The fourth-order valence-electron chi connectivity index (χ4n) is 3.23. The Morgan fingerprint density at radius 3 is 2.86 bits per heavy atom. The van der Waals surface area contributed by atoms with Crippen LogP contribution in [-0.4, -0.2) is 28.7 Å². The van der Waals surface area contributed by atoms with Crippen LogP contribution in [-0.2, 0) is 0 Å². The monoisotopic (exact) mass is 376 g/mol. The number of piperazine rings is 1. The van der Waals surface area contributed by atoms with Crippen molar-refractivity contribution in [2.45, 2.75) is 48.8 Å². The predicted octanol–water partition coefficient (Wildman–Crippen LogP) is 2.43. The average molecular weight is 378 g/mol. The topological polar surface area (TPSA) is 76.1 Å². The number of aromatic nitrogens is 1. The van der Waals surface area contributed by atoms with Crippen molar-refractivity contribution in [2.24, 2.45) is 11.7 Å². The lowest BCUT2D eigenvalue weighted by atomic mass is 9.81. The van der Waals surface area contributed by atoms with Crippen LogP contribution in [0.3, 0.4) is 0 Å². The van der Waals surface area contributed by atoms with E-state index >= 15 is 0 Å².